The summed E-state index contributed by atoms with van der Waals surface area (Å²) in [5, 5.41) is 7.84. The molecular formula is C31H28Cl2N2O4. The number of esters is 2. The number of carbonyl (C=O) groups is 2. The van der Waals surface area contributed by atoms with Crippen molar-refractivity contribution in [3.05, 3.63) is 116 Å². The summed E-state index contributed by atoms with van der Waals surface area (Å²) in [5.41, 5.74) is 7.03. The fourth-order valence-electron chi connectivity index (χ4n) is 4.19. The summed E-state index contributed by atoms with van der Waals surface area (Å²) in [4.78, 5) is 25.3. The Hall–Kier alpha value is -4.00. The number of halogens is 2. The van der Waals surface area contributed by atoms with E-state index in [1.165, 1.54) is 14.2 Å². The molecule has 0 saturated heterocycles. The van der Waals surface area contributed by atoms with E-state index in [0.29, 0.717) is 39.0 Å². The first-order chi connectivity index (χ1) is 18.7. The van der Waals surface area contributed by atoms with Crippen LogP contribution in [0.5, 0.6) is 0 Å². The molecule has 0 aromatic heterocycles. The molecule has 39 heavy (non-hydrogen) atoms. The van der Waals surface area contributed by atoms with Crippen molar-refractivity contribution in [2.45, 2.75) is 20.3 Å². The number of anilines is 4. The lowest BCUT2D eigenvalue weighted by molar-refractivity contribution is 0.0593. The van der Waals surface area contributed by atoms with Gasteiger partial charge in [0, 0.05) is 21.4 Å². The zero-order valence-corrected chi connectivity index (χ0v) is 23.5. The molecule has 0 aliphatic rings. The van der Waals surface area contributed by atoms with Crippen molar-refractivity contribution < 1.29 is 19.1 Å². The number of nitrogens with one attached hydrogen (secondary N) is 2. The SMILES string of the molecule is COC(=O)c1cc(Cc2ccc(Nc3cccc(Cl)c3C)c(C(=O)OC)c2)ccc1Nc1cccc(Cl)c1C. The monoisotopic (exact) mass is 562 g/mol. The van der Waals surface area contributed by atoms with Gasteiger partial charge in [-0.2, -0.15) is 0 Å². The van der Waals surface area contributed by atoms with Gasteiger partial charge in [0.2, 0.25) is 0 Å². The summed E-state index contributed by atoms with van der Waals surface area (Å²) in [5.74, 6) is -0.934. The molecule has 6 nitrogen and oxygen atoms in total. The lowest BCUT2D eigenvalue weighted by Gasteiger charge is -2.16. The van der Waals surface area contributed by atoms with Crippen LogP contribution in [0.3, 0.4) is 0 Å². The number of ether oxygens (including phenoxy) is 2. The average Bonchev–Trinajstić information content (AvgIpc) is 2.94. The molecule has 4 rings (SSSR count). The second-order valence-corrected chi connectivity index (χ2v) is 9.81. The summed E-state index contributed by atoms with van der Waals surface area (Å²) >= 11 is 12.5. The summed E-state index contributed by atoms with van der Waals surface area (Å²) < 4.78 is 10.1. The van der Waals surface area contributed by atoms with Crippen molar-refractivity contribution in [2.24, 2.45) is 0 Å². The average molecular weight is 563 g/mol. The van der Waals surface area contributed by atoms with Gasteiger partial charge >= 0.3 is 11.9 Å². The van der Waals surface area contributed by atoms with Gasteiger partial charge in [-0.25, -0.2) is 9.59 Å². The number of hydrogen-bond donors (Lipinski definition) is 2. The van der Waals surface area contributed by atoms with Gasteiger partial charge < -0.3 is 20.1 Å². The smallest absolute Gasteiger partial charge is 0.339 e. The van der Waals surface area contributed by atoms with Crippen LogP contribution in [0.4, 0.5) is 22.7 Å². The molecule has 4 aromatic carbocycles. The fourth-order valence-corrected chi connectivity index (χ4v) is 4.54. The highest BCUT2D eigenvalue weighted by Crippen LogP contribution is 2.31. The second-order valence-electron chi connectivity index (χ2n) is 8.99. The maximum absolute atomic E-state index is 12.7. The Kier molecular flexibility index (Phi) is 8.79. The van der Waals surface area contributed by atoms with Crippen LogP contribution in [0.25, 0.3) is 0 Å². The second kappa shape index (κ2) is 12.2. The minimum Gasteiger partial charge on any atom is -0.465 e. The standard InChI is InChI=1S/C31H28Cl2N2O4/c1-18-24(32)7-5-9-26(18)34-28-13-11-20(16-22(28)30(36)38-3)15-21-12-14-29(23(17-21)31(37)39-4)35-27-10-6-8-25(33)19(27)2/h5-14,16-17,34-35H,15H2,1-4H3. The maximum Gasteiger partial charge on any atom is 0.339 e. The van der Waals surface area contributed by atoms with Crippen molar-refractivity contribution in [1.82, 2.24) is 0 Å². The third kappa shape index (κ3) is 6.36. The fraction of sp³-hybridized carbons (Fsp3) is 0.161. The molecule has 0 bridgehead atoms. The van der Waals surface area contributed by atoms with Gasteiger partial charge in [0.05, 0.1) is 36.7 Å². The number of hydrogen-bond acceptors (Lipinski definition) is 6. The first kappa shape index (κ1) is 28.0. The van der Waals surface area contributed by atoms with Crippen LogP contribution < -0.4 is 10.6 Å². The van der Waals surface area contributed by atoms with Crippen LogP contribution in [0.2, 0.25) is 10.0 Å². The van der Waals surface area contributed by atoms with E-state index in [2.05, 4.69) is 10.6 Å². The molecule has 8 heteroatoms. The Morgan fingerprint density at radius 3 is 1.44 bits per heavy atom. The van der Waals surface area contributed by atoms with Crippen molar-refractivity contribution in [3.8, 4) is 0 Å². The molecule has 0 amide bonds. The van der Waals surface area contributed by atoms with E-state index >= 15 is 0 Å². The molecule has 0 spiro atoms. The number of methoxy groups -OCH3 is 2. The van der Waals surface area contributed by atoms with E-state index in [4.69, 9.17) is 32.7 Å². The molecule has 200 valence electrons. The molecule has 0 aliphatic carbocycles. The topological polar surface area (TPSA) is 76.7 Å². The quantitative estimate of drug-likeness (QED) is 0.210. The molecule has 0 radical (unpaired) electrons. The molecule has 0 heterocycles. The van der Waals surface area contributed by atoms with Gasteiger partial charge in [-0.15, -0.1) is 0 Å². The predicted molar refractivity (Wildman–Crippen MR) is 157 cm³/mol. The van der Waals surface area contributed by atoms with Crippen LogP contribution in [0, 0.1) is 13.8 Å². The zero-order valence-electron chi connectivity index (χ0n) is 22.0. The van der Waals surface area contributed by atoms with E-state index < -0.39 is 11.9 Å². The zero-order chi connectivity index (χ0) is 28.1. The Morgan fingerprint density at radius 1 is 0.641 bits per heavy atom. The first-order valence-electron chi connectivity index (χ1n) is 12.2. The molecular weight excluding hydrogens is 535 g/mol. The highest BCUT2D eigenvalue weighted by Gasteiger charge is 2.17. The minimum atomic E-state index is -0.467. The Balaban J connectivity index is 1.65. The number of rotatable bonds is 8. The molecule has 0 atom stereocenters. The number of benzene rings is 4. The van der Waals surface area contributed by atoms with E-state index in [1.54, 1.807) is 12.1 Å². The van der Waals surface area contributed by atoms with Gasteiger partial charge in [-0.3, -0.25) is 0 Å². The molecule has 0 aliphatic heterocycles. The maximum atomic E-state index is 12.7. The lowest BCUT2D eigenvalue weighted by Crippen LogP contribution is -2.08. The lowest BCUT2D eigenvalue weighted by atomic mass is 9.99. The Bertz CT molecular complexity index is 1440. The van der Waals surface area contributed by atoms with Crippen LogP contribution in [-0.4, -0.2) is 26.2 Å². The van der Waals surface area contributed by atoms with Gasteiger partial charge in [0.1, 0.15) is 0 Å². The van der Waals surface area contributed by atoms with Crippen molar-refractivity contribution >= 4 is 57.9 Å². The normalized spacial score (nSPS) is 10.6. The van der Waals surface area contributed by atoms with E-state index in [1.807, 2.05) is 74.5 Å². The van der Waals surface area contributed by atoms with E-state index in [-0.39, 0.29) is 0 Å². The van der Waals surface area contributed by atoms with Gasteiger partial charge in [0.25, 0.3) is 0 Å². The third-order valence-electron chi connectivity index (χ3n) is 6.46. The van der Waals surface area contributed by atoms with Crippen LogP contribution in [-0.2, 0) is 15.9 Å². The van der Waals surface area contributed by atoms with Crippen molar-refractivity contribution in [3.63, 3.8) is 0 Å². The molecule has 0 unspecified atom stereocenters. The summed E-state index contributed by atoms with van der Waals surface area (Å²) in [6, 6.07) is 22.2. The minimum absolute atomic E-state index is 0.386. The summed E-state index contributed by atoms with van der Waals surface area (Å²) in [6.45, 7) is 3.81. The highest BCUT2D eigenvalue weighted by molar-refractivity contribution is 6.32. The molecule has 2 N–H and O–H groups in total. The molecule has 4 aromatic rings. The summed E-state index contributed by atoms with van der Waals surface area (Å²) in [6.07, 6.45) is 0.473. The van der Waals surface area contributed by atoms with Crippen molar-refractivity contribution in [1.29, 1.82) is 0 Å². The van der Waals surface area contributed by atoms with Crippen LogP contribution in [0.1, 0.15) is 43.0 Å². The van der Waals surface area contributed by atoms with Gasteiger partial charge in [-0.1, -0.05) is 47.5 Å². The molecule has 0 fully saturated rings. The summed E-state index contributed by atoms with van der Waals surface area (Å²) in [7, 11) is 2.69. The Morgan fingerprint density at radius 2 is 1.05 bits per heavy atom. The van der Waals surface area contributed by atoms with Gasteiger partial charge in [-0.05, 0) is 91.1 Å². The molecule has 0 saturated carbocycles. The Labute approximate surface area is 237 Å². The highest BCUT2D eigenvalue weighted by atomic mass is 35.5. The third-order valence-corrected chi connectivity index (χ3v) is 7.28. The van der Waals surface area contributed by atoms with Crippen LogP contribution >= 0.6 is 23.2 Å². The van der Waals surface area contributed by atoms with Gasteiger partial charge in [0.15, 0.2) is 0 Å². The predicted octanol–water partition coefficient (Wildman–Crippen LogP) is 8.26. The largest absolute Gasteiger partial charge is 0.465 e. The van der Waals surface area contributed by atoms with Crippen LogP contribution in [0.15, 0.2) is 72.8 Å². The number of carbonyl (C=O) groups excluding carboxylic acids is 2. The van der Waals surface area contributed by atoms with Crippen molar-refractivity contribution in [2.75, 3.05) is 24.9 Å². The first-order valence-corrected chi connectivity index (χ1v) is 12.9. The van der Waals surface area contributed by atoms with E-state index in [9.17, 15) is 9.59 Å². The van der Waals surface area contributed by atoms with E-state index in [0.717, 1.165) is 33.6 Å².